The Bertz CT molecular complexity index is 330. The highest BCUT2D eigenvalue weighted by Gasteiger charge is 2.48. The van der Waals surface area contributed by atoms with E-state index in [4.69, 9.17) is 0 Å². The van der Waals surface area contributed by atoms with Crippen LogP contribution in [-0.4, -0.2) is 13.9 Å². The van der Waals surface area contributed by atoms with E-state index >= 15 is 0 Å². The third kappa shape index (κ3) is 4.87. The maximum absolute atomic E-state index is 12.0. The highest BCUT2D eigenvalue weighted by molar-refractivity contribution is 7.87. The maximum atomic E-state index is 12.0. The second-order valence-corrected chi connectivity index (χ2v) is 4.73. The standard InChI is InChI=1S/C9H15F3O3S/c1-3-5-7-8(6-4-2)15-16(13,14)9(10,11)12/h7H,3-6H2,1-2H3/b8-7+. The Hall–Kier alpha value is -0.720. The van der Waals surface area contributed by atoms with Crippen molar-refractivity contribution >= 4 is 10.1 Å². The molecule has 0 N–H and O–H groups in total. The lowest BCUT2D eigenvalue weighted by Crippen LogP contribution is -2.25. The van der Waals surface area contributed by atoms with Gasteiger partial charge in [0.15, 0.2) is 0 Å². The molecule has 0 aliphatic carbocycles. The van der Waals surface area contributed by atoms with Crippen LogP contribution in [0.25, 0.3) is 0 Å². The summed E-state index contributed by atoms with van der Waals surface area (Å²) < 4.78 is 61.5. The van der Waals surface area contributed by atoms with Gasteiger partial charge in [-0.05, 0) is 18.9 Å². The Kier molecular flexibility index (Phi) is 5.85. The van der Waals surface area contributed by atoms with Crippen LogP contribution in [0, 0.1) is 0 Å². The van der Waals surface area contributed by atoms with Crippen molar-refractivity contribution in [3.8, 4) is 0 Å². The summed E-state index contributed by atoms with van der Waals surface area (Å²) in [5.74, 6) is -0.137. The predicted octanol–water partition coefficient (Wildman–Crippen LogP) is 3.34. The molecule has 0 rings (SSSR count). The molecular weight excluding hydrogens is 245 g/mol. The van der Waals surface area contributed by atoms with Gasteiger partial charge in [-0.25, -0.2) is 0 Å². The topological polar surface area (TPSA) is 43.4 Å². The molecule has 96 valence electrons. The molecular formula is C9H15F3O3S. The monoisotopic (exact) mass is 260 g/mol. The van der Waals surface area contributed by atoms with Gasteiger partial charge < -0.3 is 4.18 Å². The van der Waals surface area contributed by atoms with Gasteiger partial charge in [-0.3, -0.25) is 0 Å². The van der Waals surface area contributed by atoms with E-state index in [9.17, 15) is 21.6 Å². The Labute approximate surface area is 93.4 Å². The number of halogens is 3. The van der Waals surface area contributed by atoms with Crippen molar-refractivity contribution in [3.63, 3.8) is 0 Å². The van der Waals surface area contributed by atoms with Crippen molar-refractivity contribution in [1.29, 1.82) is 0 Å². The molecule has 0 atom stereocenters. The van der Waals surface area contributed by atoms with E-state index in [0.29, 0.717) is 19.3 Å². The first-order valence-electron chi connectivity index (χ1n) is 4.94. The molecule has 0 heterocycles. The summed E-state index contributed by atoms with van der Waals surface area (Å²) in [6, 6.07) is 0. The smallest absolute Gasteiger partial charge is 0.381 e. The van der Waals surface area contributed by atoms with Crippen LogP contribution in [0.1, 0.15) is 39.5 Å². The minimum Gasteiger partial charge on any atom is -0.381 e. The second-order valence-electron chi connectivity index (χ2n) is 3.19. The van der Waals surface area contributed by atoms with Crippen LogP contribution < -0.4 is 0 Å². The first-order chi connectivity index (χ1) is 7.24. The van der Waals surface area contributed by atoms with Gasteiger partial charge in [0.2, 0.25) is 0 Å². The van der Waals surface area contributed by atoms with E-state index in [1.54, 1.807) is 6.92 Å². The fourth-order valence-electron chi connectivity index (χ4n) is 0.918. The van der Waals surface area contributed by atoms with Crippen molar-refractivity contribution < 1.29 is 25.8 Å². The van der Waals surface area contributed by atoms with Gasteiger partial charge in [0, 0.05) is 6.42 Å². The first kappa shape index (κ1) is 15.3. The third-order valence-corrected chi connectivity index (χ3v) is 2.66. The highest BCUT2D eigenvalue weighted by atomic mass is 32.2. The number of unbranched alkanes of at least 4 members (excludes halogenated alkanes) is 1. The maximum Gasteiger partial charge on any atom is 0.534 e. The van der Waals surface area contributed by atoms with Crippen LogP contribution in [-0.2, 0) is 14.3 Å². The first-order valence-corrected chi connectivity index (χ1v) is 6.35. The van der Waals surface area contributed by atoms with Crippen molar-refractivity contribution in [1.82, 2.24) is 0 Å². The number of hydrogen-bond acceptors (Lipinski definition) is 3. The largest absolute Gasteiger partial charge is 0.534 e. The summed E-state index contributed by atoms with van der Waals surface area (Å²) in [6.45, 7) is 3.56. The Morgan fingerprint density at radius 1 is 1.25 bits per heavy atom. The van der Waals surface area contributed by atoms with Crippen molar-refractivity contribution in [2.75, 3.05) is 0 Å². The molecule has 0 aliphatic rings. The van der Waals surface area contributed by atoms with E-state index in [0.717, 1.165) is 0 Å². The summed E-state index contributed by atoms with van der Waals surface area (Å²) in [7, 11) is -5.52. The van der Waals surface area contributed by atoms with Crippen LogP contribution in [0.15, 0.2) is 11.8 Å². The SMILES string of the molecule is CCC/C=C(\CCC)OS(=O)(=O)C(F)(F)F. The highest BCUT2D eigenvalue weighted by Crippen LogP contribution is 2.27. The molecule has 0 aliphatic heterocycles. The lowest BCUT2D eigenvalue weighted by atomic mass is 10.2. The summed E-state index contributed by atoms with van der Waals surface area (Å²) in [4.78, 5) is 0. The number of rotatable bonds is 6. The molecule has 0 saturated carbocycles. The zero-order valence-corrected chi connectivity index (χ0v) is 9.99. The fourth-order valence-corrected chi connectivity index (χ4v) is 1.45. The summed E-state index contributed by atoms with van der Waals surface area (Å²) in [6.07, 6.45) is 3.27. The number of hydrogen-bond donors (Lipinski definition) is 0. The van der Waals surface area contributed by atoms with Crippen LogP contribution in [0.4, 0.5) is 13.2 Å². The molecule has 0 aromatic carbocycles. The van der Waals surface area contributed by atoms with Gasteiger partial charge in [0.05, 0.1) is 0 Å². The van der Waals surface area contributed by atoms with Crippen LogP contribution in [0.3, 0.4) is 0 Å². The van der Waals surface area contributed by atoms with E-state index in [1.807, 2.05) is 6.92 Å². The zero-order chi connectivity index (χ0) is 12.8. The lowest BCUT2D eigenvalue weighted by molar-refractivity contribution is -0.0523. The number of alkyl halides is 3. The molecule has 0 bridgehead atoms. The summed E-state index contributed by atoms with van der Waals surface area (Å²) in [5, 5.41) is 0. The molecule has 3 nitrogen and oxygen atoms in total. The average molecular weight is 260 g/mol. The van der Waals surface area contributed by atoms with Crippen LogP contribution >= 0.6 is 0 Å². The molecule has 0 saturated heterocycles. The van der Waals surface area contributed by atoms with Gasteiger partial charge in [0.1, 0.15) is 5.76 Å². The minimum atomic E-state index is -5.52. The molecule has 7 heteroatoms. The quantitative estimate of drug-likeness (QED) is 0.418. The molecule has 0 unspecified atom stereocenters. The Morgan fingerprint density at radius 3 is 2.19 bits per heavy atom. The number of allylic oxidation sites excluding steroid dienone is 2. The van der Waals surface area contributed by atoms with Crippen LogP contribution in [0.5, 0.6) is 0 Å². The normalized spacial score (nSPS) is 13.9. The Balaban J connectivity index is 4.77. The molecule has 0 fully saturated rings. The fraction of sp³-hybridized carbons (Fsp3) is 0.778. The summed E-state index contributed by atoms with van der Waals surface area (Å²) in [5.41, 5.74) is -5.37. The minimum absolute atomic E-state index is 0.137. The van der Waals surface area contributed by atoms with Gasteiger partial charge >= 0.3 is 15.6 Å². The van der Waals surface area contributed by atoms with Crippen molar-refractivity contribution in [2.24, 2.45) is 0 Å². The Morgan fingerprint density at radius 2 is 1.81 bits per heavy atom. The van der Waals surface area contributed by atoms with E-state index in [2.05, 4.69) is 4.18 Å². The van der Waals surface area contributed by atoms with Crippen molar-refractivity contribution in [2.45, 2.75) is 45.0 Å². The second kappa shape index (κ2) is 6.12. The van der Waals surface area contributed by atoms with E-state index in [-0.39, 0.29) is 12.2 Å². The predicted molar refractivity (Wildman–Crippen MR) is 54.0 cm³/mol. The van der Waals surface area contributed by atoms with Gasteiger partial charge in [-0.2, -0.15) is 21.6 Å². The van der Waals surface area contributed by atoms with Crippen molar-refractivity contribution in [3.05, 3.63) is 11.8 Å². The zero-order valence-electron chi connectivity index (χ0n) is 9.17. The van der Waals surface area contributed by atoms with Gasteiger partial charge in [-0.1, -0.05) is 20.3 Å². The van der Waals surface area contributed by atoms with Crippen LogP contribution in [0.2, 0.25) is 0 Å². The molecule has 0 aromatic heterocycles. The van der Waals surface area contributed by atoms with E-state index in [1.165, 1.54) is 6.08 Å². The molecule has 0 aromatic rings. The molecule has 0 amide bonds. The molecule has 0 spiro atoms. The lowest BCUT2D eigenvalue weighted by Gasteiger charge is -2.11. The third-order valence-electron chi connectivity index (χ3n) is 1.66. The van der Waals surface area contributed by atoms with E-state index < -0.39 is 15.6 Å². The average Bonchev–Trinajstić information content (AvgIpc) is 2.12. The summed E-state index contributed by atoms with van der Waals surface area (Å²) >= 11 is 0. The molecule has 0 radical (unpaired) electrons. The van der Waals surface area contributed by atoms with Gasteiger partial charge in [0.25, 0.3) is 0 Å². The molecule has 16 heavy (non-hydrogen) atoms. The van der Waals surface area contributed by atoms with Gasteiger partial charge in [-0.15, -0.1) is 0 Å².